The number of amides is 2. The summed E-state index contributed by atoms with van der Waals surface area (Å²) in [5.41, 5.74) is 2.72. The largest absolute Gasteiger partial charge is 0.349 e. The van der Waals surface area contributed by atoms with Crippen LogP contribution in [0.5, 0.6) is 0 Å². The number of fused-ring (bicyclic) bond motifs is 1. The van der Waals surface area contributed by atoms with Gasteiger partial charge < -0.3 is 15.2 Å². The number of benzene rings is 2. The van der Waals surface area contributed by atoms with Gasteiger partial charge in [-0.2, -0.15) is 0 Å². The van der Waals surface area contributed by atoms with E-state index in [1.54, 1.807) is 46.0 Å². The summed E-state index contributed by atoms with van der Waals surface area (Å²) in [6.07, 6.45) is 2.05. The summed E-state index contributed by atoms with van der Waals surface area (Å²) >= 11 is 5.98. The monoisotopic (exact) mass is 461 g/mol. The van der Waals surface area contributed by atoms with Crippen LogP contribution in [0.2, 0.25) is 5.02 Å². The van der Waals surface area contributed by atoms with Gasteiger partial charge in [0.05, 0.1) is 11.0 Å². The first-order valence-electron chi connectivity index (χ1n) is 10.5. The molecule has 0 aliphatic carbocycles. The maximum absolute atomic E-state index is 12.6. The highest BCUT2D eigenvalue weighted by atomic mass is 35.5. The van der Waals surface area contributed by atoms with Crippen LogP contribution >= 0.6 is 11.6 Å². The van der Waals surface area contributed by atoms with Gasteiger partial charge >= 0.3 is 0 Å². The van der Waals surface area contributed by atoms with Crippen molar-refractivity contribution in [3.05, 3.63) is 88.1 Å². The fraction of sp³-hybridized carbons (Fsp3) is 0.167. The van der Waals surface area contributed by atoms with Crippen LogP contribution in [0.15, 0.2) is 71.7 Å². The molecule has 0 saturated carbocycles. The number of nitrogens with one attached hydrogen (secondary N) is 2. The van der Waals surface area contributed by atoms with Crippen molar-refractivity contribution in [2.45, 2.75) is 6.42 Å². The summed E-state index contributed by atoms with van der Waals surface area (Å²) in [6, 6.07) is 17.4. The minimum atomic E-state index is -0.328. The predicted octanol–water partition coefficient (Wildman–Crippen LogP) is 3.15. The number of H-pyrrole nitrogens is 1. The zero-order valence-electron chi connectivity index (χ0n) is 17.5. The molecule has 2 aromatic carbocycles. The third kappa shape index (κ3) is 4.25. The fourth-order valence-electron chi connectivity index (χ4n) is 4.01. The van der Waals surface area contributed by atoms with E-state index < -0.39 is 0 Å². The molecule has 0 bridgehead atoms. The lowest BCUT2D eigenvalue weighted by molar-refractivity contribution is -0.117. The van der Waals surface area contributed by atoms with Gasteiger partial charge in [-0.05, 0) is 48.5 Å². The minimum Gasteiger partial charge on any atom is -0.349 e. The maximum atomic E-state index is 12.6. The van der Waals surface area contributed by atoms with Crippen LogP contribution in [-0.2, 0) is 4.79 Å². The van der Waals surface area contributed by atoms with Crippen LogP contribution in [0, 0.1) is 5.92 Å². The lowest BCUT2D eigenvalue weighted by Gasteiger charge is -2.17. The predicted molar refractivity (Wildman–Crippen MR) is 126 cm³/mol. The molecule has 0 spiro atoms. The molecule has 1 atom stereocenters. The van der Waals surface area contributed by atoms with Gasteiger partial charge in [-0.15, -0.1) is 0 Å². The first-order chi connectivity index (χ1) is 16.0. The van der Waals surface area contributed by atoms with Crippen LogP contribution in [0.4, 0.5) is 5.69 Å². The number of aromatic nitrogens is 3. The molecule has 5 rings (SSSR count). The van der Waals surface area contributed by atoms with Crippen molar-refractivity contribution in [2.24, 2.45) is 5.92 Å². The van der Waals surface area contributed by atoms with Gasteiger partial charge in [-0.25, -0.2) is 4.98 Å². The van der Waals surface area contributed by atoms with E-state index in [1.807, 2.05) is 24.3 Å². The molecule has 166 valence electrons. The molecule has 1 fully saturated rings. The second-order valence-corrected chi connectivity index (χ2v) is 8.39. The number of halogens is 1. The number of imidazole rings is 1. The second kappa shape index (κ2) is 8.55. The number of aromatic amines is 1. The third-order valence-corrected chi connectivity index (χ3v) is 5.91. The average Bonchev–Trinajstić information content (AvgIpc) is 3.41. The molecule has 3 heterocycles. The normalized spacial score (nSPS) is 15.8. The van der Waals surface area contributed by atoms with E-state index in [4.69, 9.17) is 11.6 Å². The smallest absolute Gasteiger partial charge is 0.287 e. The third-order valence-electron chi connectivity index (χ3n) is 5.68. The molecule has 0 radical (unpaired) electrons. The summed E-state index contributed by atoms with van der Waals surface area (Å²) in [7, 11) is 0. The summed E-state index contributed by atoms with van der Waals surface area (Å²) in [6.45, 7) is 0.857. The van der Waals surface area contributed by atoms with E-state index >= 15 is 0 Å². The zero-order valence-corrected chi connectivity index (χ0v) is 18.2. The van der Waals surface area contributed by atoms with Crippen molar-refractivity contribution in [2.75, 3.05) is 18.0 Å². The Hall–Kier alpha value is -3.91. The van der Waals surface area contributed by atoms with Gasteiger partial charge in [0.2, 0.25) is 5.91 Å². The van der Waals surface area contributed by atoms with Gasteiger partial charge in [0.25, 0.3) is 11.5 Å². The Labute approximate surface area is 193 Å². The number of hydrogen-bond acceptors (Lipinski definition) is 4. The Kier molecular flexibility index (Phi) is 5.43. The van der Waals surface area contributed by atoms with E-state index in [0.29, 0.717) is 35.6 Å². The van der Waals surface area contributed by atoms with Gasteiger partial charge in [0.15, 0.2) is 5.82 Å². The Morgan fingerprint density at radius 3 is 2.67 bits per heavy atom. The molecule has 4 aromatic rings. The SMILES string of the molecule is O=C(NCC1CC(=O)N(c2ccc(-n3ccccc3=O)cc2)C1)c1nc2ccc(Cl)cc2[nH]1. The molecule has 33 heavy (non-hydrogen) atoms. The topological polar surface area (TPSA) is 100 Å². The molecule has 1 unspecified atom stereocenters. The maximum Gasteiger partial charge on any atom is 0.287 e. The van der Waals surface area contributed by atoms with E-state index in [0.717, 1.165) is 11.4 Å². The minimum absolute atomic E-state index is 0.00254. The summed E-state index contributed by atoms with van der Waals surface area (Å²) in [5.74, 6) is -0.139. The Bertz CT molecular complexity index is 1410. The van der Waals surface area contributed by atoms with Crippen LogP contribution in [0.1, 0.15) is 17.0 Å². The highest BCUT2D eigenvalue weighted by Gasteiger charge is 2.31. The first-order valence-corrected chi connectivity index (χ1v) is 10.9. The second-order valence-electron chi connectivity index (χ2n) is 7.96. The molecule has 2 aromatic heterocycles. The number of pyridine rings is 1. The summed E-state index contributed by atoms with van der Waals surface area (Å²) < 4.78 is 1.54. The standard InChI is InChI=1S/C24H20ClN5O3/c25-16-4-9-19-20(12-16)28-23(27-19)24(33)26-13-15-11-22(32)30(14-15)18-7-5-17(6-8-18)29-10-2-1-3-21(29)31/h1-10,12,15H,11,13-14H2,(H,26,33)(H,27,28). The van der Waals surface area contributed by atoms with Gasteiger partial charge in [0, 0.05) is 54.1 Å². The molecule has 1 aliphatic rings. The first kappa shape index (κ1) is 21.0. The fourth-order valence-corrected chi connectivity index (χ4v) is 4.18. The van der Waals surface area contributed by atoms with Crippen LogP contribution < -0.4 is 15.8 Å². The van der Waals surface area contributed by atoms with Crippen molar-refractivity contribution in [3.63, 3.8) is 0 Å². The molecular weight excluding hydrogens is 442 g/mol. The highest BCUT2D eigenvalue weighted by molar-refractivity contribution is 6.31. The summed E-state index contributed by atoms with van der Waals surface area (Å²) in [4.78, 5) is 46.1. The van der Waals surface area contributed by atoms with Crippen molar-refractivity contribution >= 4 is 40.1 Å². The molecule has 2 N–H and O–H groups in total. The number of carbonyl (C=O) groups excluding carboxylic acids is 2. The van der Waals surface area contributed by atoms with Crippen LogP contribution in [-0.4, -0.2) is 39.4 Å². The van der Waals surface area contributed by atoms with Crippen molar-refractivity contribution in [1.29, 1.82) is 0 Å². The van der Waals surface area contributed by atoms with Crippen molar-refractivity contribution in [3.8, 4) is 5.69 Å². The molecule has 9 heteroatoms. The number of hydrogen-bond donors (Lipinski definition) is 2. The Morgan fingerprint density at radius 1 is 1.09 bits per heavy atom. The molecular formula is C24H20ClN5O3. The number of carbonyl (C=O) groups is 2. The number of anilines is 1. The molecule has 2 amide bonds. The van der Waals surface area contributed by atoms with E-state index in [-0.39, 0.29) is 29.1 Å². The van der Waals surface area contributed by atoms with Gasteiger partial charge in [0.1, 0.15) is 0 Å². The van der Waals surface area contributed by atoms with Gasteiger partial charge in [-0.1, -0.05) is 17.7 Å². The Morgan fingerprint density at radius 2 is 1.88 bits per heavy atom. The quantitative estimate of drug-likeness (QED) is 0.476. The average molecular weight is 462 g/mol. The number of rotatable bonds is 5. The lowest BCUT2D eigenvalue weighted by atomic mass is 10.1. The lowest BCUT2D eigenvalue weighted by Crippen LogP contribution is -2.31. The van der Waals surface area contributed by atoms with E-state index in [1.165, 1.54) is 6.07 Å². The van der Waals surface area contributed by atoms with Crippen LogP contribution in [0.25, 0.3) is 16.7 Å². The number of nitrogens with zero attached hydrogens (tertiary/aromatic N) is 3. The zero-order chi connectivity index (χ0) is 22.9. The van der Waals surface area contributed by atoms with E-state index in [2.05, 4.69) is 15.3 Å². The molecule has 8 nitrogen and oxygen atoms in total. The van der Waals surface area contributed by atoms with Crippen molar-refractivity contribution in [1.82, 2.24) is 19.9 Å². The van der Waals surface area contributed by atoms with E-state index in [9.17, 15) is 14.4 Å². The van der Waals surface area contributed by atoms with Gasteiger partial charge in [-0.3, -0.25) is 19.0 Å². The molecule has 1 aliphatic heterocycles. The highest BCUT2D eigenvalue weighted by Crippen LogP contribution is 2.26. The van der Waals surface area contributed by atoms with Crippen LogP contribution in [0.3, 0.4) is 0 Å². The molecule has 1 saturated heterocycles. The van der Waals surface area contributed by atoms with Crippen molar-refractivity contribution < 1.29 is 9.59 Å². The summed E-state index contributed by atoms with van der Waals surface area (Å²) in [5, 5.41) is 3.42. The Balaban J connectivity index is 1.22.